The standard InChI is InChI=1S/C11H14N4O2/c16-4-3-12-10-6-11(15-8-14-10)13-7-9-2-1-5-17-9/h1-2,5-6,8,16H,3-4,7H2,(H2,12,13,14,15). The maximum absolute atomic E-state index is 8.69. The monoisotopic (exact) mass is 234 g/mol. The normalized spacial score (nSPS) is 10.2. The average molecular weight is 234 g/mol. The first-order chi connectivity index (χ1) is 8.38. The summed E-state index contributed by atoms with van der Waals surface area (Å²) in [6, 6.07) is 5.50. The van der Waals surface area contributed by atoms with E-state index in [-0.39, 0.29) is 6.61 Å². The first kappa shape index (κ1) is 11.4. The zero-order valence-corrected chi connectivity index (χ0v) is 9.26. The molecule has 90 valence electrons. The van der Waals surface area contributed by atoms with Crippen LogP contribution in [0.5, 0.6) is 0 Å². The highest BCUT2D eigenvalue weighted by molar-refractivity contribution is 5.46. The van der Waals surface area contributed by atoms with Crippen LogP contribution in [-0.2, 0) is 6.54 Å². The Balaban J connectivity index is 1.91. The summed E-state index contributed by atoms with van der Waals surface area (Å²) in [6.07, 6.45) is 3.09. The van der Waals surface area contributed by atoms with Gasteiger partial charge in [-0.2, -0.15) is 0 Å². The first-order valence-electron chi connectivity index (χ1n) is 5.31. The molecular formula is C11H14N4O2. The van der Waals surface area contributed by atoms with Gasteiger partial charge in [0.15, 0.2) is 0 Å². The number of furan rings is 1. The van der Waals surface area contributed by atoms with Gasteiger partial charge in [-0.25, -0.2) is 9.97 Å². The van der Waals surface area contributed by atoms with Crippen LogP contribution in [-0.4, -0.2) is 28.2 Å². The third-order valence-electron chi connectivity index (χ3n) is 2.11. The van der Waals surface area contributed by atoms with E-state index in [1.807, 2.05) is 12.1 Å². The van der Waals surface area contributed by atoms with Crippen LogP contribution in [0.25, 0.3) is 0 Å². The summed E-state index contributed by atoms with van der Waals surface area (Å²) in [6.45, 7) is 1.11. The lowest BCUT2D eigenvalue weighted by atomic mass is 10.4. The third kappa shape index (κ3) is 3.46. The topological polar surface area (TPSA) is 83.2 Å². The number of aliphatic hydroxyl groups is 1. The number of aliphatic hydroxyl groups excluding tert-OH is 1. The number of nitrogens with zero attached hydrogens (tertiary/aromatic N) is 2. The van der Waals surface area contributed by atoms with Crippen molar-refractivity contribution < 1.29 is 9.52 Å². The molecule has 0 aliphatic rings. The fourth-order valence-electron chi connectivity index (χ4n) is 1.33. The van der Waals surface area contributed by atoms with E-state index in [1.54, 1.807) is 12.3 Å². The quantitative estimate of drug-likeness (QED) is 0.694. The zero-order chi connectivity index (χ0) is 11.9. The van der Waals surface area contributed by atoms with Gasteiger partial charge in [0.2, 0.25) is 0 Å². The molecule has 2 heterocycles. The average Bonchev–Trinajstić information content (AvgIpc) is 2.87. The van der Waals surface area contributed by atoms with Crippen molar-refractivity contribution in [2.75, 3.05) is 23.8 Å². The molecule has 6 heteroatoms. The fraction of sp³-hybridized carbons (Fsp3) is 0.273. The Morgan fingerprint density at radius 2 is 2.06 bits per heavy atom. The van der Waals surface area contributed by atoms with E-state index >= 15 is 0 Å². The molecule has 0 spiro atoms. The summed E-state index contributed by atoms with van der Waals surface area (Å²) in [7, 11) is 0. The van der Waals surface area contributed by atoms with Crippen LogP contribution in [0.1, 0.15) is 5.76 Å². The predicted molar refractivity (Wildman–Crippen MR) is 63.6 cm³/mol. The Kier molecular flexibility index (Phi) is 3.93. The fourth-order valence-corrected chi connectivity index (χ4v) is 1.33. The first-order valence-corrected chi connectivity index (χ1v) is 5.31. The molecule has 0 saturated heterocycles. The smallest absolute Gasteiger partial charge is 0.131 e. The van der Waals surface area contributed by atoms with Gasteiger partial charge < -0.3 is 20.2 Å². The van der Waals surface area contributed by atoms with Crippen LogP contribution < -0.4 is 10.6 Å². The molecule has 2 rings (SSSR count). The van der Waals surface area contributed by atoms with Gasteiger partial charge in [-0.1, -0.05) is 0 Å². The van der Waals surface area contributed by atoms with Crippen molar-refractivity contribution in [1.29, 1.82) is 0 Å². The highest BCUT2D eigenvalue weighted by Gasteiger charge is 1.99. The zero-order valence-electron chi connectivity index (χ0n) is 9.26. The Morgan fingerprint density at radius 1 is 1.24 bits per heavy atom. The second-order valence-electron chi connectivity index (χ2n) is 3.37. The van der Waals surface area contributed by atoms with E-state index in [9.17, 15) is 0 Å². The lowest BCUT2D eigenvalue weighted by Gasteiger charge is -2.06. The molecule has 0 aliphatic heterocycles. The Morgan fingerprint density at radius 3 is 2.76 bits per heavy atom. The van der Waals surface area contributed by atoms with Gasteiger partial charge in [0, 0.05) is 12.6 Å². The van der Waals surface area contributed by atoms with Crippen LogP contribution in [0.2, 0.25) is 0 Å². The SMILES string of the molecule is OCCNc1cc(NCc2ccco2)ncn1. The van der Waals surface area contributed by atoms with Crippen molar-refractivity contribution in [3.63, 3.8) is 0 Å². The molecule has 0 amide bonds. The Hall–Kier alpha value is -2.08. The van der Waals surface area contributed by atoms with E-state index in [4.69, 9.17) is 9.52 Å². The number of anilines is 2. The molecule has 0 bridgehead atoms. The van der Waals surface area contributed by atoms with Gasteiger partial charge in [0.1, 0.15) is 23.7 Å². The van der Waals surface area contributed by atoms with Gasteiger partial charge >= 0.3 is 0 Å². The summed E-state index contributed by atoms with van der Waals surface area (Å²) in [5, 5.41) is 14.8. The lowest BCUT2D eigenvalue weighted by molar-refractivity contribution is 0.311. The summed E-state index contributed by atoms with van der Waals surface area (Å²) >= 11 is 0. The number of hydrogen-bond acceptors (Lipinski definition) is 6. The Bertz CT molecular complexity index is 444. The van der Waals surface area contributed by atoms with Crippen molar-refractivity contribution in [1.82, 2.24) is 9.97 Å². The molecule has 0 saturated carbocycles. The molecule has 3 N–H and O–H groups in total. The van der Waals surface area contributed by atoms with Crippen molar-refractivity contribution >= 4 is 11.6 Å². The van der Waals surface area contributed by atoms with Gasteiger partial charge in [0.25, 0.3) is 0 Å². The molecule has 0 unspecified atom stereocenters. The largest absolute Gasteiger partial charge is 0.467 e. The molecule has 0 aliphatic carbocycles. The minimum Gasteiger partial charge on any atom is -0.467 e. The molecule has 2 aromatic heterocycles. The Labute approximate surface area is 98.7 Å². The van der Waals surface area contributed by atoms with Crippen LogP contribution in [0.15, 0.2) is 35.2 Å². The molecule has 0 aromatic carbocycles. The van der Waals surface area contributed by atoms with Crippen molar-refractivity contribution in [2.24, 2.45) is 0 Å². The summed E-state index contributed by atoms with van der Waals surface area (Å²) in [5.74, 6) is 2.22. The van der Waals surface area contributed by atoms with Gasteiger partial charge in [0.05, 0.1) is 19.4 Å². The van der Waals surface area contributed by atoms with Crippen LogP contribution in [0, 0.1) is 0 Å². The minimum atomic E-state index is 0.0686. The molecular weight excluding hydrogens is 220 g/mol. The molecule has 17 heavy (non-hydrogen) atoms. The maximum atomic E-state index is 8.69. The van der Waals surface area contributed by atoms with Crippen LogP contribution in [0.4, 0.5) is 11.6 Å². The second-order valence-corrected chi connectivity index (χ2v) is 3.37. The van der Waals surface area contributed by atoms with Gasteiger partial charge in [-0.15, -0.1) is 0 Å². The molecule has 0 fully saturated rings. The predicted octanol–water partition coefficient (Wildman–Crippen LogP) is 1.09. The van der Waals surface area contributed by atoms with Crippen LogP contribution in [0.3, 0.4) is 0 Å². The summed E-state index contributed by atoms with van der Waals surface area (Å²) in [4.78, 5) is 8.11. The van der Waals surface area contributed by atoms with Gasteiger partial charge in [-0.05, 0) is 12.1 Å². The number of rotatable bonds is 6. The highest BCUT2D eigenvalue weighted by Crippen LogP contribution is 2.10. The van der Waals surface area contributed by atoms with Gasteiger partial charge in [-0.3, -0.25) is 0 Å². The molecule has 0 atom stereocenters. The molecule has 2 aromatic rings. The van der Waals surface area contributed by atoms with Crippen molar-refractivity contribution in [2.45, 2.75) is 6.54 Å². The highest BCUT2D eigenvalue weighted by atomic mass is 16.3. The van der Waals surface area contributed by atoms with E-state index in [2.05, 4.69) is 20.6 Å². The number of hydrogen-bond donors (Lipinski definition) is 3. The van der Waals surface area contributed by atoms with E-state index in [0.717, 1.165) is 5.76 Å². The lowest BCUT2D eigenvalue weighted by Crippen LogP contribution is -2.08. The van der Waals surface area contributed by atoms with E-state index in [1.165, 1.54) is 6.33 Å². The summed E-state index contributed by atoms with van der Waals surface area (Å²) < 4.78 is 5.20. The third-order valence-corrected chi connectivity index (χ3v) is 2.11. The van der Waals surface area contributed by atoms with E-state index < -0.39 is 0 Å². The second kappa shape index (κ2) is 5.86. The van der Waals surface area contributed by atoms with E-state index in [0.29, 0.717) is 24.7 Å². The number of aromatic nitrogens is 2. The summed E-state index contributed by atoms with van der Waals surface area (Å²) in [5.41, 5.74) is 0. The van der Waals surface area contributed by atoms with Crippen molar-refractivity contribution in [3.8, 4) is 0 Å². The maximum Gasteiger partial charge on any atom is 0.131 e. The molecule has 6 nitrogen and oxygen atoms in total. The molecule has 0 radical (unpaired) electrons. The minimum absolute atomic E-state index is 0.0686. The van der Waals surface area contributed by atoms with Crippen molar-refractivity contribution in [3.05, 3.63) is 36.5 Å². The number of nitrogens with one attached hydrogen (secondary N) is 2. The van der Waals surface area contributed by atoms with Crippen LogP contribution >= 0.6 is 0 Å².